The lowest BCUT2D eigenvalue weighted by Crippen LogP contribution is -2.41. The van der Waals surface area contributed by atoms with Gasteiger partial charge in [-0.25, -0.2) is 0 Å². The first-order valence-electron chi connectivity index (χ1n) is 25.3. The summed E-state index contributed by atoms with van der Waals surface area (Å²) in [5.41, 5.74) is 7.87. The highest BCUT2D eigenvalue weighted by molar-refractivity contribution is 5.78. The summed E-state index contributed by atoms with van der Waals surface area (Å²) in [4.78, 5) is 50.1. The van der Waals surface area contributed by atoms with E-state index in [0.717, 1.165) is 87.3 Å². The van der Waals surface area contributed by atoms with Crippen LogP contribution in [0.25, 0.3) is 34.2 Å². The van der Waals surface area contributed by atoms with Crippen molar-refractivity contribution < 1.29 is 61.5 Å². The van der Waals surface area contributed by atoms with Crippen molar-refractivity contribution in [3.63, 3.8) is 0 Å². The van der Waals surface area contributed by atoms with Crippen molar-refractivity contribution in [1.82, 2.24) is 45.5 Å². The van der Waals surface area contributed by atoms with Crippen LogP contribution in [0.4, 0.5) is 0 Å². The standard InChI is InChI=1S/C18H23N3O4.C17H22N4O4.C15H19N3O3.C3H6O2/c1-4-16(22)21-9-7-12(8-10-21)18-19-17(20-25-18)13-5-6-14(23-2)15(11-13)24-3;1-23-13-4-3-12(9-14(13)24-2)16-19-17(25-20-16)11-5-7-21(8-6-11)15(22)10-18;1-19-12-4-3-11(9-13(12)20-2)14-17-15(21-18-14)10-5-7-16-8-6-10;1-2-3(4)5/h5-6,11-12H,4,7-10H2,1-3H3;3-4,9,11H,5-8,10,18H2,1-2H3;3-4,9-10,16H,5-8H2,1-2H3;2H2,1H3,(H,4,5). The van der Waals surface area contributed by atoms with E-state index in [1.54, 1.807) is 60.5 Å². The fourth-order valence-electron chi connectivity index (χ4n) is 8.65. The van der Waals surface area contributed by atoms with Crippen LogP contribution in [0.15, 0.2) is 68.2 Å². The maximum Gasteiger partial charge on any atom is 0.303 e. The molecular weight excluding hydrogens is 985 g/mol. The van der Waals surface area contributed by atoms with Crippen molar-refractivity contribution in [2.24, 2.45) is 5.73 Å². The summed E-state index contributed by atoms with van der Waals surface area (Å²) < 4.78 is 48.0. The number of piperidine rings is 3. The molecule has 0 bridgehead atoms. The van der Waals surface area contributed by atoms with Crippen LogP contribution in [-0.2, 0) is 14.4 Å². The minimum atomic E-state index is -0.745. The van der Waals surface area contributed by atoms with Gasteiger partial charge in [0.25, 0.3) is 0 Å². The Labute approximate surface area is 441 Å². The average Bonchev–Trinajstić information content (AvgIpc) is 4.31. The van der Waals surface area contributed by atoms with Crippen LogP contribution in [-0.4, -0.2) is 152 Å². The third-order valence-corrected chi connectivity index (χ3v) is 13.1. The van der Waals surface area contributed by atoms with Gasteiger partial charge in [-0.15, -0.1) is 0 Å². The second-order valence-corrected chi connectivity index (χ2v) is 17.7. The number of rotatable bonds is 15. The summed E-state index contributed by atoms with van der Waals surface area (Å²) >= 11 is 0. The Hall–Kier alpha value is -7.79. The maximum atomic E-state index is 11.8. The van der Waals surface area contributed by atoms with Crippen molar-refractivity contribution in [3.8, 4) is 68.7 Å². The Bertz CT molecular complexity index is 2650. The number of carbonyl (C=O) groups excluding carboxylic acids is 2. The number of aliphatic carboxylic acids is 1. The van der Waals surface area contributed by atoms with E-state index in [-0.39, 0.29) is 36.6 Å². The SMILES string of the molecule is CCC(=O)N1CCC(c2nc(-c3ccc(OC)c(OC)c3)no2)CC1.CCC(=O)O.COc1ccc(-c2noc(C3CCN(C(=O)CN)CC3)n2)cc1OC.COc1ccc(-c2noc(C3CCNCC3)n2)cc1OC. The zero-order chi connectivity index (χ0) is 54.6. The van der Waals surface area contributed by atoms with Gasteiger partial charge in [-0.1, -0.05) is 29.3 Å². The summed E-state index contributed by atoms with van der Waals surface area (Å²) in [6, 6.07) is 16.6. The van der Waals surface area contributed by atoms with Gasteiger partial charge in [0.1, 0.15) is 0 Å². The Morgan fingerprint density at radius 2 is 0.842 bits per heavy atom. The molecule has 3 aromatic carbocycles. The Morgan fingerprint density at radius 3 is 1.13 bits per heavy atom. The molecule has 3 aliphatic rings. The molecule has 76 heavy (non-hydrogen) atoms. The molecule has 0 radical (unpaired) electrons. The van der Waals surface area contributed by atoms with E-state index >= 15 is 0 Å². The molecule has 23 heteroatoms. The monoisotopic (exact) mass is 1050 g/mol. The zero-order valence-electron chi connectivity index (χ0n) is 44.5. The molecule has 0 unspecified atom stereocenters. The molecule has 6 heterocycles. The minimum Gasteiger partial charge on any atom is -0.493 e. The van der Waals surface area contributed by atoms with Gasteiger partial charge in [-0.3, -0.25) is 14.4 Å². The highest BCUT2D eigenvalue weighted by Crippen LogP contribution is 2.36. The summed E-state index contributed by atoms with van der Waals surface area (Å²) in [5, 5.41) is 23.3. The predicted molar refractivity (Wildman–Crippen MR) is 278 cm³/mol. The largest absolute Gasteiger partial charge is 0.493 e. The predicted octanol–water partition coefficient (Wildman–Crippen LogP) is 6.99. The number of benzene rings is 3. The number of hydrogen-bond acceptors (Lipinski definition) is 20. The molecule has 0 spiro atoms. The molecule has 3 aromatic heterocycles. The molecule has 0 aliphatic carbocycles. The summed E-state index contributed by atoms with van der Waals surface area (Å²) in [5.74, 6) is 7.61. The number of aromatic nitrogens is 6. The van der Waals surface area contributed by atoms with Crippen molar-refractivity contribution in [2.75, 3.05) is 88.5 Å². The van der Waals surface area contributed by atoms with E-state index in [9.17, 15) is 14.4 Å². The third-order valence-electron chi connectivity index (χ3n) is 13.1. The van der Waals surface area contributed by atoms with Gasteiger partial charge in [0.15, 0.2) is 34.5 Å². The van der Waals surface area contributed by atoms with Gasteiger partial charge in [0.05, 0.1) is 49.2 Å². The number of ether oxygens (including phenoxy) is 6. The summed E-state index contributed by atoms with van der Waals surface area (Å²) in [6.45, 7) is 8.34. The zero-order valence-corrected chi connectivity index (χ0v) is 44.5. The van der Waals surface area contributed by atoms with Crippen molar-refractivity contribution >= 4 is 17.8 Å². The fraction of sp³-hybridized carbons (Fsp3) is 0.491. The lowest BCUT2D eigenvalue weighted by molar-refractivity contribution is -0.136. The van der Waals surface area contributed by atoms with Crippen LogP contribution in [0.5, 0.6) is 34.5 Å². The molecular formula is C53H70N10O13. The molecule has 410 valence electrons. The molecule has 23 nitrogen and oxygen atoms in total. The van der Waals surface area contributed by atoms with Gasteiger partial charge in [-0.05, 0) is 106 Å². The molecule has 3 aliphatic heterocycles. The number of nitrogens with one attached hydrogen (secondary N) is 1. The first kappa shape index (κ1) is 57.5. The quantitative estimate of drug-likeness (QED) is 0.0933. The molecule has 3 saturated heterocycles. The Morgan fingerprint density at radius 1 is 0.526 bits per heavy atom. The van der Waals surface area contributed by atoms with E-state index in [1.807, 2.05) is 60.4 Å². The van der Waals surface area contributed by atoms with Gasteiger partial charge in [0.2, 0.25) is 47.0 Å². The maximum absolute atomic E-state index is 11.8. The van der Waals surface area contributed by atoms with Gasteiger partial charge < -0.3 is 67.9 Å². The third kappa shape index (κ3) is 15.2. The molecule has 2 amide bonds. The van der Waals surface area contributed by atoms with Crippen LogP contribution in [0, 0.1) is 0 Å². The molecule has 0 atom stereocenters. The van der Waals surface area contributed by atoms with E-state index in [4.69, 9.17) is 52.8 Å². The lowest BCUT2D eigenvalue weighted by atomic mass is 9.96. The van der Waals surface area contributed by atoms with Crippen LogP contribution in [0.2, 0.25) is 0 Å². The van der Waals surface area contributed by atoms with E-state index in [1.165, 1.54) is 0 Å². The fourth-order valence-corrected chi connectivity index (χ4v) is 8.65. The lowest BCUT2D eigenvalue weighted by Gasteiger charge is -2.30. The molecule has 3 fully saturated rings. The second-order valence-electron chi connectivity index (χ2n) is 17.7. The normalized spacial score (nSPS) is 14.9. The first-order valence-corrected chi connectivity index (χ1v) is 25.3. The van der Waals surface area contributed by atoms with Crippen LogP contribution < -0.4 is 39.5 Å². The Kier molecular flexibility index (Phi) is 21.8. The minimum absolute atomic E-state index is 0.0185. The number of hydrogen-bond donors (Lipinski definition) is 3. The second kappa shape index (κ2) is 28.8. The van der Waals surface area contributed by atoms with E-state index in [0.29, 0.717) is 89.2 Å². The van der Waals surface area contributed by atoms with Crippen LogP contribution in [0.3, 0.4) is 0 Å². The number of likely N-dealkylation sites (tertiary alicyclic amines) is 2. The number of carboxylic acids is 1. The number of methoxy groups -OCH3 is 6. The highest BCUT2D eigenvalue weighted by Gasteiger charge is 2.29. The van der Waals surface area contributed by atoms with Crippen molar-refractivity contribution in [1.29, 1.82) is 0 Å². The topological polar surface area (TPSA) is 288 Å². The average molecular weight is 1060 g/mol. The number of carbonyl (C=O) groups is 3. The number of carboxylic acid groups (broad SMARTS) is 1. The van der Waals surface area contributed by atoms with Crippen molar-refractivity contribution in [2.45, 2.75) is 83.0 Å². The van der Waals surface area contributed by atoms with E-state index in [2.05, 4.69) is 35.7 Å². The van der Waals surface area contributed by atoms with Crippen LogP contribution >= 0.6 is 0 Å². The first-order chi connectivity index (χ1) is 36.9. The summed E-state index contributed by atoms with van der Waals surface area (Å²) in [7, 11) is 9.58. The van der Waals surface area contributed by atoms with Gasteiger partial charge in [0, 0.05) is 73.5 Å². The summed E-state index contributed by atoms with van der Waals surface area (Å²) in [6.07, 6.45) is 6.12. The number of nitrogens with zero attached hydrogens (tertiary/aromatic N) is 8. The highest BCUT2D eigenvalue weighted by atomic mass is 16.5. The van der Waals surface area contributed by atoms with Crippen LogP contribution in [0.1, 0.15) is 101 Å². The molecule has 0 saturated carbocycles. The number of amides is 2. The van der Waals surface area contributed by atoms with E-state index < -0.39 is 5.97 Å². The molecule has 9 rings (SSSR count). The van der Waals surface area contributed by atoms with Gasteiger partial charge >= 0.3 is 5.97 Å². The molecule has 6 aromatic rings. The number of nitrogens with two attached hydrogens (primary N) is 1. The van der Waals surface area contributed by atoms with Gasteiger partial charge in [-0.2, -0.15) is 15.0 Å². The Balaban J connectivity index is 0.000000177. The molecule has 4 N–H and O–H groups in total. The smallest absolute Gasteiger partial charge is 0.303 e. The van der Waals surface area contributed by atoms with Crippen molar-refractivity contribution in [3.05, 3.63) is 72.3 Å².